The zero-order chi connectivity index (χ0) is 12.8. The number of fused-ring (bicyclic) bond motifs is 1. The number of nitrogens with zero attached hydrogens (tertiary/aromatic N) is 1. The van der Waals surface area contributed by atoms with E-state index < -0.39 is 0 Å². The van der Waals surface area contributed by atoms with E-state index in [1.807, 2.05) is 12.1 Å². The van der Waals surface area contributed by atoms with E-state index in [0.29, 0.717) is 0 Å². The SMILES string of the molecule is CN1c2cccc(Br)c2NC(=O)C12CCCCC2. The van der Waals surface area contributed by atoms with Crippen molar-refractivity contribution in [1.29, 1.82) is 0 Å². The largest absolute Gasteiger partial charge is 0.358 e. The Kier molecular flexibility index (Phi) is 2.85. The summed E-state index contributed by atoms with van der Waals surface area (Å²) < 4.78 is 0.950. The molecular weight excluding hydrogens is 292 g/mol. The first-order valence-electron chi connectivity index (χ1n) is 6.49. The van der Waals surface area contributed by atoms with Crippen molar-refractivity contribution in [2.24, 2.45) is 0 Å². The van der Waals surface area contributed by atoms with Crippen LogP contribution in [0.4, 0.5) is 11.4 Å². The zero-order valence-electron chi connectivity index (χ0n) is 10.5. The molecule has 1 aromatic rings. The molecule has 0 radical (unpaired) electrons. The van der Waals surface area contributed by atoms with E-state index in [4.69, 9.17) is 0 Å². The Bertz CT molecular complexity index is 495. The van der Waals surface area contributed by atoms with Gasteiger partial charge in [0.2, 0.25) is 5.91 Å². The Hall–Kier alpha value is -1.03. The van der Waals surface area contributed by atoms with E-state index in [9.17, 15) is 4.79 Å². The molecule has 1 aromatic carbocycles. The van der Waals surface area contributed by atoms with Crippen LogP contribution in [0.5, 0.6) is 0 Å². The summed E-state index contributed by atoms with van der Waals surface area (Å²) in [5, 5.41) is 3.09. The monoisotopic (exact) mass is 308 g/mol. The molecule has 0 unspecified atom stereocenters. The lowest BCUT2D eigenvalue weighted by atomic mass is 9.78. The normalized spacial score (nSPS) is 21.7. The summed E-state index contributed by atoms with van der Waals surface area (Å²) in [6.07, 6.45) is 5.44. The number of halogens is 1. The van der Waals surface area contributed by atoms with E-state index >= 15 is 0 Å². The number of para-hydroxylation sites is 1. The number of nitrogens with one attached hydrogen (secondary N) is 1. The number of hydrogen-bond donors (Lipinski definition) is 1. The molecule has 1 amide bonds. The maximum atomic E-state index is 12.5. The third-order valence-corrected chi connectivity index (χ3v) is 5.00. The van der Waals surface area contributed by atoms with Crippen LogP contribution in [0, 0.1) is 0 Å². The summed E-state index contributed by atoms with van der Waals surface area (Å²) >= 11 is 3.51. The Morgan fingerprint density at radius 1 is 1.28 bits per heavy atom. The van der Waals surface area contributed by atoms with Gasteiger partial charge in [0.25, 0.3) is 0 Å². The van der Waals surface area contributed by atoms with E-state index in [-0.39, 0.29) is 11.4 Å². The number of hydrogen-bond acceptors (Lipinski definition) is 2. The number of likely N-dealkylation sites (N-methyl/N-ethyl adjacent to an activating group) is 1. The molecule has 1 N–H and O–H groups in total. The van der Waals surface area contributed by atoms with Gasteiger partial charge in [-0.1, -0.05) is 25.3 Å². The van der Waals surface area contributed by atoms with Gasteiger partial charge in [-0.2, -0.15) is 0 Å². The van der Waals surface area contributed by atoms with Crippen LogP contribution in [0.15, 0.2) is 22.7 Å². The second-order valence-corrected chi connectivity index (χ2v) is 6.09. The zero-order valence-corrected chi connectivity index (χ0v) is 12.1. The van der Waals surface area contributed by atoms with Crippen molar-refractivity contribution in [3.8, 4) is 0 Å². The highest BCUT2D eigenvalue weighted by atomic mass is 79.9. The number of rotatable bonds is 0. The van der Waals surface area contributed by atoms with Gasteiger partial charge in [0.05, 0.1) is 11.4 Å². The predicted octanol–water partition coefficient (Wildman–Crippen LogP) is 3.54. The van der Waals surface area contributed by atoms with Crippen LogP contribution < -0.4 is 10.2 Å². The van der Waals surface area contributed by atoms with Crippen molar-refractivity contribution in [2.75, 3.05) is 17.3 Å². The predicted molar refractivity (Wildman–Crippen MR) is 77.0 cm³/mol. The molecule has 1 spiro atoms. The number of anilines is 2. The fraction of sp³-hybridized carbons (Fsp3) is 0.500. The number of amides is 1. The Morgan fingerprint density at radius 2 is 2.00 bits per heavy atom. The molecule has 3 nitrogen and oxygen atoms in total. The van der Waals surface area contributed by atoms with E-state index in [1.54, 1.807) is 0 Å². The lowest BCUT2D eigenvalue weighted by Crippen LogP contribution is -2.59. The summed E-state index contributed by atoms with van der Waals surface area (Å²) in [6, 6.07) is 6.06. The van der Waals surface area contributed by atoms with Crippen LogP contribution in [0.1, 0.15) is 32.1 Å². The third-order valence-electron chi connectivity index (χ3n) is 4.34. The van der Waals surface area contributed by atoms with E-state index in [2.05, 4.69) is 39.3 Å². The molecule has 96 valence electrons. The minimum Gasteiger partial charge on any atom is -0.358 e. The number of carbonyl (C=O) groups is 1. The van der Waals surface area contributed by atoms with Gasteiger partial charge in [0.15, 0.2) is 0 Å². The topological polar surface area (TPSA) is 32.3 Å². The smallest absolute Gasteiger partial charge is 0.250 e. The van der Waals surface area contributed by atoms with Crippen LogP contribution >= 0.6 is 15.9 Å². The molecule has 18 heavy (non-hydrogen) atoms. The van der Waals surface area contributed by atoms with Crippen LogP contribution in [-0.4, -0.2) is 18.5 Å². The number of benzene rings is 1. The van der Waals surface area contributed by atoms with E-state index in [1.165, 1.54) is 6.42 Å². The van der Waals surface area contributed by atoms with Gasteiger partial charge in [0, 0.05) is 11.5 Å². The molecule has 1 saturated carbocycles. The second-order valence-electron chi connectivity index (χ2n) is 5.24. The van der Waals surface area contributed by atoms with Crippen LogP contribution in [0.2, 0.25) is 0 Å². The standard InChI is InChI=1S/C14H17BrN2O/c1-17-11-7-5-6-10(15)12(11)16-13(18)14(17)8-3-2-4-9-14/h5-7H,2-4,8-9H2,1H3,(H,16,18). The average molecular weight is 309 g/mol. The van der Waals surface area contributed by atoms with Crippen molar-refractivity contribution in [3.05, 3.63) is 22.7 Å². The molecular formula is C14H17BrN2O. The van der Waals surface area contributed by atoms with Crippen LogP contribution in [0.25, 0.3) is 0 Å². The molecule has 1 heterocycles. The molecule has 3 rings (SSSR count). The van der Waals surface area contributed by atoms with Gasteiger partial charge in [-0.3, -0.25) is 4.79 Å². The molecule has 2 aliphatic rings. The van der Waals surface area contributed by atoms with Crippen molar-refractivity contribution in [2.45, 2.75) is 37.6 Å². The first-order valence-corrected chi connectivity index (χ1v) is 7.28. The highest BCUT2D eigenvalue weighted by molar-refractivity contribution is 9.10. The molecule has 1 aliphatic carbocycles. The molecule has 1 fully saturated rings. The Balaban J connectivity index is 2.09. The first-order chi connectivity index (χ1) is 8.65. The summed E-state index contributed by atoms with van der Waals surface area (Å²) in [5.41, 5.74) is 1.69. The van der Waals surface area contributed by atoms with Gasteiger partial charge < -0.3 is 10.2 Å². The minimum atomic E-state index is -0.327. The summed E-state index contributed by atoms with van der Waals surface area (Å²) in [6.45, 7) is 0. The highest BCUT2D eigenvalue weighted by Crippen LogP contribution is 2.45. The molecule has 0 bridgehead atoms. The van der Waals surface area contributed by atoms with Gasteiger partial charge in [0.1, 0.15) is 5.54 Å². The van der Waals surface area contributed by atoms with Crippen molar-refractivity contribution in [3.63, 3.8) is 0 Å². The van der Waals surface area contributed by atoms with Gasteiger partial charge in [-0.15, -0.1) is 0 Å². The van der Waals surface area contributed by atoms with E-state index in [0.717, 1.165) is 41.5 Å². The lowest BCUT2D eigenvalue weighted by molar-refractivity contribution is -0.122. The average Bonchev–Trinajstić information content (AvgIpc) is 2.39. The van der Waals surface area contributed by atoms with Crippen molar-refractivity contribution < 1.29 is 4.79 Å². The van der Waals surface area contributed by atoms with Crippen LogP contribution in [0.3, 0.4) is 0 Å². The molecule has 1 aliphatic heterocycles. The molecule has 0 atom stereocenters. The summed E-state index contributed by atoms with van der Waals surface area (Å²) in [4.78, 5) is 14.7. The lowest BCUT2D eigenvalue weighted by Gasteiger charge is -2.48. The highest BCUT2D eigenvalue weighted by Gasteiger charge is 2.46. The van der Waals surface area contributed by atoms with Crippen molar-refractivity contribution >= 4 is 33.2 Å². The second kappa shape index (κ2) is 4.26. The minimum absolute atomic E-state index is 0.157. The van der Waals surface area contributed by atoms with Crippen LogP contribution in [-0.2, 0) is 4.79 Å². The quantitative estimate of drug-likeness (QED) is 0.795. The van der Waals surface area contributed by atoms with Gasteiger partial charge >= 0.3 is 0 Å². The molecule has 0 aromatic heterocycles. The van der Waals surface area contributed by atoms with Gasteiger partial charge in [-0.05, 0) is 40.9 Å². The summed E-state index contributed by atoms with van der Waals surface area (Å²) in [5.74, 6) is 0.157. The fourth-order valence-corrected chi connectivity index (χ4v) is 3.68. The first kappa shape index (κ1) is 12.0. The maximum absolute atomic E-state index is 12.5. The summed E-state index contributed by atoms with van der Waals surface area (Å²) in [7, 11) is 2.05. The molecule has 0 saturated heterocycles. The van der Waals surface area contributed by atoms with Gasteiger partial charge in [-0.25, -0.2) is 0 Å². The fourth-order valence-electron chi connectivity index (χ4n) is 3.23. The number of carbonyl (C=O) groups excluding carboxylic acids is 1. The molecule has 4 heteroatoms. The third kappa shape index (κ3) is 1.58. The maximum Gasteiger partial charge on any atom is 0.250 e. The van der Waals surface area contributed by atoms with Crippen molar-refractivity contribution in [1.82, 2.24) is 0 Å². The Morgan fingerprint density at radius 3 is 2.72 bits per heavy atom. The Labute approximate surface area is 116 Å².